The van der Waals surface area contributed by atoms with Crippen molar-refractivity contribution in [1.82, 2.24) is 0 Å². The highest BCUT2D eigenvalue weighted by molar-refractivity contribution is 9.11. The van der Waals surface area contributed by atoms with E-state index in [0.717, 1.165) is 48.3 Å². The van der Waals surface area contributed by atoms with Gasteiger partial charge in [0, 0.05) is 31.6 Å². The number of rotatable bonds is 8. The van der Waals surface area contributed by atoms with Crippen molar-refractivity contribution in [1.29, 1.82) is 0 Å². The summed E-state index contributed by atoms with van der Waals surface area (Å²) in [5, 5.41) is 0. The number of nitrogens with zero attached hydrogens (tertiary/aromatic N) is 1. The van der Waals surface area contributed by atoms with Crippen LogP contribution in [0.25, 0.3) is 27.8 Å². The van der Waals surface area contributed by atoms with Gasteiger partial charge in [-0.25, -0.2) is 0 Å². The second kappa shape index (κ2) is 12.3. The van der Waals surface area contributed by atoms with Crippen LogP contribution in [0.1, 0.15) is 5.56 Å². The molecule has 0 bridgehead atoms. The quantitative estimate of drug-likeness (QED) is 0.154. The van der Waals surface area contributed by atoms with Crippen molar-refractivity contribution in [3.8, 4) is 22.3 Å². The van der Waals surface area contributed by atoms with Crippen LogP contribution in [0.3, 0.4) is 0 Å². The van der Waals surface area contributed by atoms with Crippen molar-refractivity contribution in [3.63, 3.8) is 0 Å². The fraction of sp³-hybridized carbons (Fsp3) is 0. The van der Waals surface area contributed by atoms with E-state index in [1.54, 1.807) is 6.08 Å². The lowest BCUT2D eigenvalue weighted by Crippen LogP contribution is -2.10. The molecule has 5 aromatic carbocycles. The summed E-state index contributed by atoms with van der Waals surface area (Å²) in [6, 6.07) is 42.6. The average Bonchev–Trinajstić information content (AvgIpc) is 2.98. The third-order valence-corrected chi connectivity index (χ3v) is 7.91. The summed E-state index contributed by atoms with van der Waals surface area (Å²) in [6.07, 6.45) is 5.62. The molecule has 190 valence electrons. The molecule has 0 radical (unpaired) electrons. The summed E-state index contributed by atoms with van der Waals surface area (Å²) in [6.45, 7) is 7.78. The van der Waals surface area contributed by atoms with Gasteiger partial charge in [-0.1, -0.05) is 136 Å². The summed E-state index contributed by atoms with van der Waals surface area (Å²) in [5.74, 6) is 0. The van der Waals surface area contributed by atoms with Gasteiger partial charge in [-0.05, 0) is 76.4 Å². The van der Waals surface area contributed by atoms with Crippen LogP contribution < -0.4 is 4.90 Å². The van der Waals surface area contributed by atoms with Crippen LogP contribution in [0.4, 0.5) is 17.1 Å². The molecule has 0 spiro atoms. The minimum Gasteiger partial charge on any atom is -0.311 e. The van der Waals surface area contributed by atoms with Crippen molar-refractivity contribution < 1.29 is 0 Å². The SMILES string of the molecule is C=C/C=C(\C=C)c1ccc(N(c2ccc(-c3ccccc3)cc2)c2ccc(-c3c(Br)cccc3Br)cc2)cc1. The van der Waals surface area contributed by atoms with Gasteiger partial charge in [-0.15, -0.1) is 0 Å². The molecule has 1 nitrogen and oxygen atoms in total. The molecular weight excluding hydrogens is 606 g/mol. The van der Waals surface area contributed by atoms with E-state index in [1.807, 2.05) is 24.3 Å². The molecule has 0 atom stereocenters. The maximum absolute atomic E-state index is 3.95. The van der Waals surface area contributed by atoms with E-state index >= 15 is 0 Å². The Balaban J connectivity index is 1.56. The Morgan fingerprint density at radius 1 is 0.538 bits per heavy atom. The monoisotopic (exact) mass is 631 g/mol. The molecule has 39 heavy (non-hydrogen) atoms. The van der Waals surface area contributed by atoms with Gasteiger partial charge in [-0.3, -0.25) is 0 Å². The Morgan fingerprint density at radius 3 is 1.54 bits per heavy atom. The number of hydrogen-bond donors (Lipinski definition) is 0. The van der Waals surface area contributed by atoms with Crippen molar-refractivity contribution in [3.05, 3.63) is 167 Å². The molecule has 5 rings (SSSR count). The van der Waals surface area contributed by atoms with Gasteiger partial charge in [0.15, 0.2) is 0 Å². The molecule has 0 N–H and O–H groups in total. The van der Waals surface area contributed by atoms with E-state index < -0.39 is 0 Å². The molecule has 0 saturated heterocycles. The van der Waals surface area contributed by atoms with E-state index in [4.69, 9.17) is 0 Å². The van der Waals surface area contributed by atoms with Crippen LogP contribution in [-0.2, 0) is 0 Å². The third kappa shape index (κ3) is 5.90. The fourth-order valence-electron chi connectivity index (χ4n) is 4.64. The van der Waals surface area contributed by atoms with Gasteiger partial charge in [-0.2, -0.15) is 0 Å². The van der Waals surface area contributed by atoms with Crippen molar-refractivity contribution >= 4 is 54.5 Å². The number of halogens is 2. The lowest BCUT2D eigenvalue weighted by atomic mass is 10.0. The minimum atomic E-state index is 1.04. The van der Waals surface area contributed by atoms with E-state index in [1.165, 1.54) is 11.1 Å². The zero-order chi connectivity index (χ0) is 27.2. The van der Waals surface area contributed by atoms with E-state index in [2.05, 4.69) is 159 Å². The predicted molar refractivity (Wildman–Crippen MR) is 176 cm³/mol. The van der Waals surface area contributed by atoms with Crippen LogP contribution in [0.5, 0.6) is 0 Å². The summed E-state index contributed by atoms with van der Waals surface area (Å²) < 4.78 is 2.11. The first-order valence-corrected chi connectivity index (χ1v) is 14.2. The first-order chi connectivity index (χ1) is 19.1. The molecule has 0 aliphatic rings. The van der Waals surface area contributed by atoms with Gasteiger partial charge < -0.3 is 4.90 Å². The standard InChI is InChI=1S/C36H27Br2N/c1-3-9-26(4-2)28-14-20-31(21-15-28)39(32-22-16-29(17-23-32)27-10-6-5-7-11-27)33-24-18-30(19-25-33)36-34(37)12-8-13-35(36)38/h3-25H,1-2H2/b26-9+. The number of allylic oxidation sites excluding steroid dienone is 4. The maximum atomic E-state index is 3.95. The first-order valence-electron chi connectivity index (χ1n) is 12.6. The van der Waals surface area contributed by atoms with Gasteiger partial charge in [0.2, 0.25) is 0 Å². The Hall–Kier alpha value is -3.92. The van der Waals surface area contributed by atoms with Crippen LogP contribution in [0, 0.1) is 0 Å². The summed E-state index contributed by atoms with van der Waals surface area (Å²) >= 11 is 7.42. The van der Waals surface area contributed by atoms with Gasteiger partial charge in [0.05, 0.1) is 0 Å². The van der Waals surface area contributed by atoms with Crippen molar-refractivity contribution in [2.24, 2.45) is 0 Å². The summed E-state index contributed by atoms with van der Waals surface area (Å²) in [5.41, 5.74) is 10.0. The predicted octanol–water partition coefficient (Wildman–Crippen LogP) is 11.8. The van der Waals surface area contributed by atoms with Gasteiger partial charge >= 0.3 is 0 Å². The van der Waals surface area contributed by atoms with Crippen molar-refractivity contribution in [2.75, 3.05) is 4.90 Å². The van der Waals surface area contributed by atoms with Crippen LogP contribution >= 0.6 is 31.9 Å². The molecule has 0 unspecified atom stereocenters. The lowest BCUT2D eigenvalue weighted by molar-refractivity contribution is 1.28. The summed E-state index contributed by atoms with van der Waals surface area (Å²) in [7, 11) is 0. The summed E-state index contributed by atoms with van der Waals surface area (Å²) in [4.78, 5) is 2.28. The Bertz CT molecular complexity index is 1600. The Kier molecular flexibility index (Phi) is 8.41. The highest BCUT2D eigenvalue weighted by Gasteiger charge is 2.15. The van der Waals surface area contributed by atoms with E-state index in [0.29, 0.717) is 0 Å². The molecule has 0 fully saturated rings. The smallest absolute Gasteiger partial charge is 0.0462 e. The lowest BCUT2D eigenvalue weighted by Gasteiger charge is -2.26. The molecule has 0 aliphatic carbocycles. The number of anilines is 3. The Morgan fingerprint density at radius 2 is 1.03 bits per heavy atom. The van der Waals surface area contributed by atoms with Gasteiger partial charge in [0.1, 0.15) is 0 Å². The maximum Gasteiger partial charge on any atom is 0.0462 e. The molecular formula is C36H27Br2N. The second-order valence-electron chi connectivity index (χ2n) is 9.00. The second-order valence-corrected chi connectivity index (χ2v) is 10.7. The minimum absolute atomic E-state index is 1.04. The number of hydrogen-bond acceptors (Lipinski definition) is 1. The zero-order valence-electron chi connectivity index (χ0n) is 21.4. The van der Waals surface area contributed by atoms with Crippen LogP contribution in [0.15, 0.2) is 162 Å². The van der Waals surface area contributed by atoms with E-state index in [9.17, 15) is 0 Å². The average molecular weight is 633 g/mol. The molecule has 0 aromatic heterocycles. The Labute approximate surface area is 247 Å². The van der Waals surface area contributed by atoms with Crippen LogP contribution in [0.2, 0.25) is 0 Å². The number of benzene rings is 5. The molecule has 0 saturated carbocycles. The molecule has 5 aromatic rings. The largest absolute Gasteiger partial charge is 0.311 e. The van der Waals surface area contributed by atoms with Crippen molar-refractivity contribution in [2.45, 2.75) is 0 Å². The normalized spacial score (nSPS) is 11.2. The van der Waals surface area contributed by atoms with Crippen LogP contribution in [-0.4, -0.2) is 0 Å². The molecule has 3 heteroatoms. The molecule has 0 heterocycles. The topological polar surface area (TPSA) is 3.24 Å². The highest BCUT2D eigenvalue weighted by atomic mass is 79.9. The fourth-order valence-corrected chi connectivity index (χ4v) is 6.10. The van der Waals surface area contributed by atoms with Gasteiger partial charge in [0.25, 0.3) is 0 Å². The molecule has 0 amide bonds. The molecule has 0 aliphatic heterocycles. The van der Waals surface area contributed by atoms with E-state index in [-0.39, 0.29) is 0 Å². The highest BCUT2D eigenvalue weighted by Crippen LogP contribution is 2.39. The first kappa shape index (κ1) is 26.7. The zero-order valence-corrected chi connectivity index (χ0v) is 24.6. The third-order valence-electron chi connectivity index (χ3n) is 6.59.